The van der Waals surface area contributed by atoms with E-state index in [2.05, 4.69) is 22.4 Å². The predicted molar refractivity (Wildman–Crippen MR) is 101 cm³/mol. The van der Waals surface area contributed by atoms with Gasteiger partial charge in [0, 0.05) is 22.9 Å². The molecule has 0 aliphatic heterocycles. The quantitative estimate of drug-likeness (QED) is 0.849. The maximum absolute atomic E-state index is 12.1. The fraction of sp³-hybridized carbons (Fsp3) is 0.444. The first kappa shape index (κ1) is 18.9. The van der Waals surface area contributed by atoms with Gasteiger partial charge in [-0.05, 0) is 25.7 Å². The first-order valence-electron chi connectivity index (χ1n) is 8.17. The first-order valence-corrected chi connectivity index (χ1v) is 8.99. The Labute approximate surface area is 153 Å². The average Bonchev–Trinajstić information content (AvgIpc) is 3.12. The maximum atomic E-state index is 12.1. The molecule has 0 unspecified atom stereocenters. The van der Waals surface area contributed by atoms with Gasteiger partial charge >= 0.3 is 0 Å². The molecule has 1 aromatic carbocycles. The van der Waals surface area contributed by atoms with Crippen LogP contribution in [0.2, 0.25) is 0 Å². The number of nitrogens with zero attached hydrogens (tertiary/aromatic N) is 1. The number of aromatic nitrogens is 1. The number of benzene rings is 1. The topological polar surface area (TPSA) is 68.0 Å². The lowest BCUT2D eigenvalue weighted by molar-refractivity contribution is -0.122. The summed E-state index contributed by atoms with van der Waals surface area (Å²) in [6, 6.07) is 10.3. The summed E-state index contributed by atoms with van der Waals surface area (Å²) in [5.74, 6) is 0.443. The Bertz CT molecular complexity index is 674. The van der Waals surface area contributed by atoms with E-state index >= 15 is 0 Å². The Balaban J connectivity index is 0.00000208. The minimum absolute atomic E-state index is 0. The average molecular weight is 366 g/mol. The van der Waals surface area contributed by atoms with Crippen LogP contribution in [0.3, 0.4) is 0 Å². The second-order valence-electron chi connectivity index (χ2n) is 6.23. The van der Waals surface area contributed by atoms with Gasteiger partial charge in [-0.15, -0.1) is 23.7 Å². The molecule has 0 bridgehead atoms. The number of carbonyl (C=O) groups is 1. The molecule has 2 atom stereocenters. The van der Waals surface area contributed by atoms with E-state index in [9.17, 15) is 4.79 Å². The molecule has 1 aromatic heterocycles. The lowest BCUT2D eigenvalue weighted by Gasteiger charge is -2.14. The van der Waals surface area contributed by atoms with Crippen molar-refractivity contribution in [3.05, 3.63) is 40.9 Å². The molecule has 0 saturated heterocycles. The highest BCUT2D eigenvalue weighted by molar-refractivity contribution is 7.15. The van der Waals surface area contributed by atoms with E-state index in [1.165, 1.54) is 0 Å². The summed E-state index contributed by atoms with van der Waals surface area (Å²) >= 11 is 1.65. The second kappa shape index (κ2) is 8.60. The number of nitrogens with one attached hydrogen (secondary N) is 1. The lowest BCUT2D eigenvalue weighted by Crippen LogP contribution is -2.31. The van der Waals surface area contributed by atoms with E-state index < -0.39 is 0 Å². The molecule has 2 aromatic rings. The van der Waals surface area contributed by atoms with Crippen molar-refractivity contribution >= 4 is 29.7 Å². The van der Waals surface area contributed by atoms with Crippen LogP contribution in [0.15, 0.2) is 30.3 Å². The Morgan fingerprint density at radius 1 is 1.33 bits per heavy atom. The minimum Gasteiger partial charge on any atom is -0.351 e. The highest BCUT2D eigenvalue weighted by atomic mass is 35.5. The predicted octanol–water partition coefficient (Wildman–Crippen LogP) is 3.67. The van der Waals surface area contributed by atoms with E-state index in [-0.39, 0.29) is 24.4 Å². The molecule has 3 rings (SSSR count). The molecule has 1 aliphatic rings. The van der Waals surface area contributed by atoms with Crippen LogP contribution in [-0.4, -0.2) is 16.9 Å². The fourth-order valence-corrected chi connectivity index (χ4v) is 4.11. The van der Waals surface area contributed by atoms with Crippen molar-refractivity contribution in [2.24, 2.45) is 11.7 Å². The maximum Gasteiger partial charge on any atom is 0.220 e. The number of halogens is 1. The van der Waals surface area contributed by atoms with Gasteiger partial charge in [-0.3, -0.25) is 4.79 Å². The highest BCUT2D eigenvalue weighted by Crippen LogP contribution is 2.28. The van der Waals surface area contributed by atoms with Crippen LogP contribution < -0.4 is 11.1 Å². The van der Waals surface area contributed by atoms with Crippen molar-refractivity contribution in [1.82, 2.24) is 10.3 Å². The third kappa shape index (κ3) is 4.56. The number of amides is 1. The zero-order chi connectivity index (χ0) is 16.2. The van der Waals surface area contributed by atoms with Gasteiger partial charge in [0.15, 0.2) is 0 Å². The molecule has 0 spiro atoms. The number of rotatable bonds is 5. The van der Waals surface area contributed by atoms with Crippen LogP contribution in [0.4, 0.5) is 0 Å². The molecule has 1 fully saturated rings. The zero-order valence-electron chi connectivity index (χ0n) is 13.8. The smallest absolute Gasteiger partial charge is 0.220 e. The van der Waals surface area contributed by atoms with E-state index in [4.69, 9.17) is 5.73 Å². The molecule has 24 heavy (non-hydrogen) atoms. The number of nitrogens with two attached hydrogens (primary N) is 1. The molecule has 3 N–H and O–H groups in total. The molecule has 1 heterocycles. The van der Waals surface area contributed by atoms with Gasteiger partial charge in [-0.1, -0.05) is 36.8 Å². The summed E-state index contributed by atoms with van der Waals surface area (Å²) in [7, 11) is 0. The van der Waals surface area contributed by atoms with E-state index in [1.54, 1.807) is 11.3 Å². The summed E-state index contributed by atoms with van der Waals surface area (Å²) < 4.78 is 0. The Hall–Kier alpha value is -1.43. The van der Waals surface area contributed by atoms with Crippen LogP contribution in [0.25, 0.3) is 10.6 Å². The van der Waals surface area contributed by atoms with Gasteiger partial charge < -0.3 is 11.1 Å². The van der Waals surface area contributed by atoms with Crippen molar-refractivity contribution in [3.63, 3.8) is 0 Å². The first-order chi connectivity index (χ1) is 11.1. The lowest BCUT2D eigenvalue weighted by atomic mass is 10.00. The molecule has 1 amide bonds. The van der Waals surface area contributed by atoms with Crippen LogP contribution in [0.1, 0.15) is 36.3 Å². The molecule has 1 saturated carbocycles. The van der Waals surface area contributed by atoms with Crippen LogP contribution in [0.5, 0.6) is 0 Å². The number of aryl methyl sites for hydroxylation is 1. The summed E-state index contributed by atoms with van der Waals surface area (Å²) in [4.78, 5) is 17.9. The third-order valence-corrected chi connectivity index (χ3v) is 5.73. The molecule has 4 nitrogen and oxygen atoms in total. The monoisotopic (exact) mass is 365 g/mol. The molecular formula is C18H24ClN3OS. The van der Waals surface area contributed by atoms with Crippen LogP contribution >= 0.6 is 23.7 Å². The summed E-state index contributed by atoms with van der Waals surface area (Å²) in [5.41, 5.74) is 8.15. The van der Waals surface area contributed by atoms with E-state index in [0.717, 1.165) is 40.4 Å². The fourth-order valence-electron chi connectivity index (χ4n) is 3.10. The molecule has 0 radical (unpaired) electrons. The normalized spacial score (nSPS) is 19.8. The largest absolute Gasteiger partial charge is 0.351 e. The SMILES string of the molecule is Cc1nc(-c2ccccc2)sc1CNC(=O)C[C@@H]1CCC[C@H]1N.Cl. The number of carbonyl (C=O) groups excluding carboxylic acids is 1. The van der Waals surface area contributed by atoms with Crippen molar-refractivity contribution < 1.29 is 4.79 Å². The van der Waals surface area contributed by atoms with Crippen molar-refractivity contribution in [2.75, 3.05) is 0 Å². The van der Waals surface area contributed by atoms with Gasteiger partial charge in [-0.2, -0.15) is 0 Å². The van der Waals surface area contributed by atoms with E-state index in [1.807, 2.05) is 25.1 Å². The summed E-state index contributed by atoms with van der Waals surface area (Å²) in [6.45, 7) is 2.55. The van der Waals surface area contributed by atoms with Gasteiger partial charge in [0.05, 0.1) is 12.2 Å². The van der Waals surface area contributed by atoms with Gasteiger partial charge in [0.25, 0.3) is 0 Å². The van der Waals surface area contributed by atoms with E-state index in [0.29, 0.717) is 18.9 Å². The Morgan fingerprint density at radius 3 is 2.75 bits per heavy atom. The standard InChI is InChI=1S/C18H23N3OS.ClH/c1-12-16(23-18(21-12)13-6-3-2-4-7-13)11-20-17(22)10-14-8-5-9-15(14)19;/h2-4,6-7,14-15H,5,8-11,19H2,1H3,(H,20,22);1H/t14-,15+;/m0./s1. The number of thiazole rings is 1. The Morgan fingerprint density at radius 2 is 2.08 bits per heavy atom. The minimum atomic E-state index is 0. The van der Waals surface area contributed by atoms with Gasteiger partial charge in [0.2, 0.25) is 5.91 Å². The van der Waals surface area contributed by atoms with Gasteiger partial charge in [-0.25, -0.2) is 4.98 Å². The summed E-state index contributed by atoms with van der Waals surface area (Å²) in [6.07, 6.45) is 3.82. The van der Waals surface area contributed by atoms with Crippen LogP contribution in [0, 0.1) is 12.8 Å². The van der Waals surface area contributed by atoms with Crippen molar-refractivity contribution in [3.8, 4) is 10.6 Å². The number of hydrogen-bond donors (Lipinski definition) is 2. The molecule has 6 heteroatoms. The zero-order valence-corrected chi connectivity index (χ0v) is 15.5. The van der Waals surface area contributed by atoms with Crippen LogP contribution in [-0.2, 0) is 11.3 Å². The van der Waals surface area contributed by atoms with Crippen molar-refractivity contribution in [1.29, 1.82) is 0 Å². The molecule has 1 aliphatic carbocycles. The van der Waals surface area contributed by atoms with Gasteiger partial charge in [0.1, 0.15) is 5.01 Å². The number of hydrogen-bond acceptors (Lipinski definition) is 4. The summed E-state index contributed by atoms with van der Waals surface area (Å²) in [5, 5.41) is 4.03. The third-order valence-electron chi connectivity index (χ3n) is 4.52. The molecular weight excluding hydrogens is 342 g/mol. The Kier molecular flexibility index (Phi) is 6.78. The molecule has 130 valence electrons. The highest BCUT2D eigenvalue weighted by Gasteiger charge is 2.26. The second-order valence-corrected chi connectivity index (χ2v) is 7.31. The van der Waals surface area contributed by atoms with Crippen molar-refractivity contribution in [2.45, 2.75) is 45.2 Å².